The first kappa shape index (κ1) is 35.2. The van der Waals surface area contributed by atoms with Gasteiger partial charge in [-0.1, -0.05) is 115 Å². The number of para-hydroxylation sites is 3. The third-order valence-electron chi connectivity index (χ3n) is 13.3. The molecular formula is C58H36N4O2. The minimum atomic E-state index is 0.141. The molecule has 5 aromatic heterocycles. The Morgan fingerprint density at radius 1 is 0.391 bits per heavy atom. The van der Waals surface area contributed by atoms with Gasteiger partial charge < -0.3 is 18.3 Å². The van der Waals surface area contributed by atoms with Crippen LogP contribution in [-0.2, 0) is 0 Å². The molecule has 1 aliphatic carbocycles. The minimum Gasteiger partial charge on any atom is -0.456 e. The van der Waals surface area contributed by atoms with E-state index in [0.29, 0.717) is 0 Å². The second-order valence-corrected chi connectivity index (χ2v) is 16.8. The topological polar surface area (TPSA) is 60.2 Å². The summed E-state index contributed by atoms with van der Waals surface area (Å²) in [5.41, 5.74) is 16.2. The molecule has 0 radical (unpaired) electrons. The van der Waals surface area contributed by atoms with Gasteiger partial charge in [0.05, 0.1) is 62.0 Å². The molecule has 0 saturated heterocycles. The first-order valence-corrected chi connectivity index (χ1v) is 21.8. The fraction of sp³-hybridized carbons (Fsp3) is 0.0345. The van der Waals surface area contributed by atoms with Gasteiger partial charge in [-0.25, -0.2) is 9.97 Å². The molecule has 0 bridgehead atoms. The number of anilines is 2. The van der Waals surface area contributed by atoms with E-state index < -0.39 is 0 Å². The van der Waals surface area contributed by atoms with E-state index in [9.17, 15) is 0 Å². The van der Waals surface area contributed by atoms with E-state index in [0.717, 1.165) is 100 Å². The van der Waals surface area contributed by atoms with Gasteiger partial charge in [-0.2, -0.15) is 0 Å². The van der Waals surface area contributed by atoms with Crippen LogP contribution in [0, 0.1) is 0 Å². The highest BCUT2D eigenvalue weighted by atomic mass is 16.3. The van der Waals surface area contributed by atoms with Gasteiger partial charge in [-0.15, -0.1) is 0 Å². The number of fused-ring (bicyclic) bond motifs is 12. The number of hydrogen-bond donors (Lipinski definition) is 0. The van der Waals surface area contributed by atoms with E-state index >= 15 is 0 Å². The molecule has 0 saturated carbocycles. The molecule has 6 nitrogen and oxygen atoms in total. The lowest BCUT2D eigenvalue weighted by atomic mass is 9.90. The van der Waals surface area contributed by atoms with E-state index in [2.05, 4.69) is 191 Å². The number of nitrogens with zero attached hydrogens (tertiary/aromatic N) is 4. The van der Waals surface area contributed by atoms with Crippen molar-refractivity contribution in [3.8, 4) is 39.6 Å². The lowest BCUT2D eigenvalue weighted by Crippen LogP contribution is -2.28. The summed E-state index contributed by atoms with van der Waals surface area (Å²) in [5, 5.41) is 6.85. The zero-order valence-electron chi connectivity index (χ0n) is 34.4. The van der Waals surface area contributed by atoms with Crippen LogP contribution in [-0.4, -0.2) is 20.6 Å². The Kier molecular flexibility index (Phi) is 7.42. The zero-order valence-corrected chi connectivity index (χ0v) is 34.4. The average molecular weight is 821 g/mol. The van der Waals surface area contributed by atoms with Crippen molar-refractivity contribution in [1.82, 2.24) is 14.5 Å². The highest BCUT2D eigenvalue weighted by molar-refractivity contribution is 6.15. The van der Waals surface area contributed by atoms with E-state index in [1.54, 1.807) is 0 Å². The lowest BCUT2D eigenvalue weighted by Gasteiger charge is -2.29. The van der Waals surface area contributed by atoms with Crippen molar-refractivity contribution >= 4 is 77.1 Å². The van der Waals surface area contributed by atoms with Crippen molar-refractivity contribution in [2.75, 3.05) is 4.90 Å². The highest BCUT2D eigenvalue weighted by Gasteiger charge is 2.38. The number of hydrogen-bond acceptors (Lipinski definition) is 5. The van der Waals surface area contributed by atoms with E-state index in [-0.39, 0.29) is 12.0 Å². The number of aromatic nitrogens is 3. The third kappa shape index (κ3) is 5.14. The van der Waals surface area contributed by atoms with Crippen LogP contribution < -0.4 is 4.90 Å². The van der Waals surface area contributed by atoms with Gasteiger partial charge in [0.1, 0.15) is 22.3 Å². The maximum atomic E-state index is 6.33. The molecule has 14 rings (SSSR count). The lowest BCUT2D eigenvalue weighted by molar-refractivity contribution is 0.668. The van der Waals surface area contributed by atoms with Crippen molar-refractivity contribution < 1.29 is 8.83 Å². The van der Waals surface area contributed by atoms with Gasteiger partial charge in [-0.05, 0) is 96.6 Å². The molecule has 0 amide bonds. The summed E-state index contributed by atoms with van der Waals surface area (Å²) in [4.78, 5) is 13.0. The molecule has 7 aromatic carbocycles. The molecule has 12 aromatic rings. The second kappa shape index (κ2) is 13.5. The molecule has 1 aliphatic heterocycles. The Labute approximate surface area is 367 Å². The zero-order chi connectivity index (χ0) is 41.9. The summed E-state index contributed by atoms with van der Waals surface area (Å²) in [7, 11) is 0. The van der Waals surface area contributed by atoms with Crippen LogP contribution in [0.4, 0.5) is 11.4 Å². The Bertz CT molecular complexity index is 3960. The van der Waals surface area contributed by atoms with Crippen LogP contribution in [0.15, 0.2) is 215 Å². The van der Waals surface area contributed by atoms with Gasteiger partial charge in [0.25, 0.3) is 0 Å². The van der Waals surface area contributed by atoms with Gasteiger partial charge in [0.15, 0.2) is 0 Å². The first-order valence-electron chi connectivity index (χ1n) is 21.8. The Hall–Kier alpha value is -8.48. The van der Waals surface area contributed by atoms with Crippen molar-refractivity contribution in [3.05, 3.63) is 212 Å². The van der Waals surface area contributed by atoms with E-state index in [4.69, 9.17) is 18.8 Å². The molecule has 6 heterocycles. The predicted molar refractivity (Wildman–Crippen MR) is 261 cm³/mol. The minimum absolute atomic E-state index is 0.141. The number of furan rings is 2. The summed E-state index contributed by atoms with van der Waals surface area (Å²) in [6.45, 7) is 0. The molecule has 2 aliphatic rings. The molecule has 0 N–H and O–H groups in total. The summed E-state index contributed by atoms with van der Waals surface area (Å²) in [5.74, 6) is 0.195. The molecule has 0 spiro atoms. The number of pyridine rings is 2. The molecule has 64 heavy (non-hydrogen) atoms. The smallest absolute Gasteiger partial charge is 0.137 e. The SMILES string of the molecule is C1=CC2c3cc(-c4cccc(-c5cccc(-c6ccc7c(c6)c6ccccc6n7-c6cccc7oc8ccccc8c67)n5)n4)ccc3N(c3cccc4oc5ccccc5c34)C2C=C1. The van der Waals surface area contributed by atoms with Gasteiger partial charge >= 0.3 is 0 Å². The van der Waals surface area contributed by atoms with Crippen LogP contribution >= 0.6 is 0 Å². The normalized spacial score (nSPS) is 15.7. The Morgan fingerprint density at radius 3 is 1.67 bits per heavy atom. The van der Waals surface area contributed by atoms with Crippen molar-refractivity contribution in [2.24, 2.45) is 0 Å². The second-order valence-electron chi connectivity index (χ2n) is 16.8. The van der Waals surface area contributed by atoms with Crippen LogP contribution in [0.5, 0.6) is 0 Å². The molecule has 2 atom stereocenters. The monoisotopic (exact) mass is 820 g/mol. The Morgan fingerprint density at radius 2 is 0.938 bits per heavy atom. The van der Waals surface area contributed by atoms with Crippen LogP contribution in [0.3, 0.4) is 0 Å². The first-order chi connectivity index (χ1) is 31.7. The average Bonchev–Trinajstić information content (AvgIpc) is 4.11. The largest absolute Gasteiger partial charge is 0.456 e. The fourth-order valence-electron chi connectivity index (χ4n) is 10.5. The van der Waals surface area contributed by atoms with E-state index in [1.165, 1.54) is 22.0 Å². The predicted octanol–water partition coefficient (Wildman–Crippen LogP) is 15.1. The standard InChI is InChI=1S/C58H36N4O2/c1-5-21-47-37(13-1)41-33-35(29-31-49(41)61(47)51-23-11-27-55-57(51)39-15-3-7-25-53(39)63-55)43-17-9-19-45(59-43)46-20-10-18-44(60-46)36-30-32-50-42(34-36)38-14-2-6-22-48(38)62(50)52-24-12-28-56-58(52)40-16-4-8-26-54(40)64-56/h1-34,37,47H. The van der Waals surface area contributed by atoms with Crippen molar-refractivity contribution in [1.29, 1.82) is 0 Å². The maximum Gasteiger partial charge on any atom is 0.137 e. The molecule has 6 heteroatoms. The molecule has 2 unspecified atom stereocenters. The van der Waals surface area contributed by atoms with Crippen molar-refractivity contribution in [2.45, 2.75) is 12.0 Å². The summed E-state index contributed by atoms with van der Waals surface area (Å²) >= 11 is 0. The summed E-state index contributed by atoms with van der Waals surface area (Å²) in [6, 6.07) is 64.1. The van der Waals surface area contributed by atoms with Crippen LogP contribution in [0.25, 0.3) is 105 Å². The maximum absolute atomic E-state index is 6.33. The number of rotatable bonds is 5. The molecule has 0 fully saturated rings. The molecule has 300 valence electrons. The number of allylic oxidation sites excluding steroid dienone is 2. The number of benzene rings is 7. The third-order valence-corrected chi connectivity index (χ3v) is 13.3. The van der Waals surface area contributed by atoms with Crippen LogP contribution in [0.2, 0.25) is 0 Å². The van der Waals surface area contributed by atoms with Gasteiger partial charge in [-0.3, -0.25) is 0 Å². The van der Waals surface area contributed by atoms with E-state index in [1.807, 2.05) is 24.3 Å². The summed E-state index contributed by atoms with van der Waals surface area (Å²) < 4.78 is 15.0. The van der Waals surface area contributed by atoms with Gasteiger partial charge in [0, 0.05) is 44.3 Å². The fourth-order valence-corrected chi connectivity index (χ4v) is 10.5. The highest BCUT2D eigenvalue weighted by Crippen LogP contribution is 2.51. The molecular weight excluding hydrogens is 785 g/mol. The quantitative estimate of drug-likeness (QED) is 0.173. The van der Waals surface area contributed by atoms with Gasteiger partial charge in [0.2, 0.25) is 0 Å². The Balaban J connectivity index is 0.836. The summed E-state index contributed by atoms with van der Waals surface area (Å²) in [6.07, 6.45) is 8.99. The van der Waals surface area contributed by atoms with Crippen LogP contribution in [0.1, 0.15) is 11.5 Å². The van der Waals surface area contributed by atoms with Crippen molar-refractivity contribution in [3.63, 3.8) is 0 Å².